The maximum Gasteiger partial charge on any atom is 0.410 e. The van der Waals surface area contributed by atoms with E-state index in [9.17, 15) is 30.2 Å². The third-order valence-electron chi connectivity index (χ3n) is 5.81. The van der Waals surface area contributed by atoms with Gasteiger partial charge in [-0.05, 0) is 31.9 Å². The van der Waals surface area contributed by atoms with Crippen LogP contribution in [0.15, 0.2) is 18.5 Å². The monoisotopic (exact) mass is 476 g/mol. The van der Waals surface area contributed by atoms with Crippen LogP contribution in [-0.4, -0.2) is 83.9 Å². The van der Waals surface area contributed by atoms with Crippen molar-refractivity contribution < 1.29 is 34.4 Å². The van der Waals surface area contributed by atoms with Crippen LogP contribution in [0.5, 0.6) is 0 Å². The first kappa shape index (κ1) is 25.2. The number of hydrogen-bond acceptors (Lipinski definition) is 10. The lowest BCUT2D eigenvalue weighted by Crippen LogP contribution is -2.52. The van der Waals surface area contributed by atoms with Crippen LogP contribution in [0.1, 0.15) is 33.4 Å². The van der Waals surface area contributed by atoms with Crippen LogP contribution in [0.25, 0.3) is 5.52 Å². The number of nitrogen functional groups attached to an aromatic ring is 1. The number of nitrogens with zero attached hydrogens (tertiary/aromatic N) is 5. The van der Waals surface area contributed by atoms with E-state index >= 15 is 0 Å². The van der Waals surface area contributed by atoms with E-state index in [0.717, 1.165) is 4.90 Å². The molecule has 1 aliphatic heterocycles. The third-order valence-corrected chi connectivity index (χ3v) is 5.81. The van der Waals surface area contributed by atoms with Gasteiger partial charge in [0.05, 0.1) is 5.69 Å². The molecule has 1 fully saturated rings. The smallest absolute Gasteiger partial charge is 0.410 e. The van der Waals surface area contributed by atoms with Gasteiger partial charge in [0.1, 0.15) is 48.9 Å². The molecule has 5 N–H and O–H groups in total. The van der Waals surface area contributed by atoms with Gasteiger partial charge in [-0.25, -0.2) is 19.1 Å². The zero-order valence-corrected chi connectivity index (χ0v) is 19.2. The van der Waals surface area contributed by atoms with Gasteiger partial charge in [-0.2, -0.15) is 10.4 Å². The number of aromatic nitrogens is 3. The van der Waals surface area contributed by atoms with Gasteiger partial charge in [0.25, 0.3) is 0 Å². The summed E-state index contributed by atoms with van der Waals surface area (Å²) >= 11 is 0. The Morgan fingerprint density at radius 1 is 1.35 bits per heavy atom. The van der Waals surface area contributed by atoms with Crippen LogP contribution >= 0.6 is 0 Å². The van der Waals surface area contributed by atoms with Gasteiger partial charge >= 0.3 is 12.1 Å². The molecule has 0 aliphatic carbocycles. The minimum Gasteiger partial charge on any atom is -0.480 e. The second-order valence-corrected chi connectivity index (χ2v) is 8.71. The molecule has 184 valence electrons. The molecule has 0 unspecified atom stereocenters. The Hall–Kier alpha value is -3.47. The Balaban J connectivity index is 1.84. The summed E-state index contributed by atoms with van der Waals surface area (Å²) in [5.74, 6) is -1.44. The minimum absolute atomic E-state index is 0.106. The molecule has 0 saturated carbocycles. The lowest BCUT2D eigenvalue weighted by Gasteiger charge is -2.34. The summed E-state index contributed by atoms with van der Waals surface area (Å²) < 4.78 is 12.3. The molecule has 2 aromatic rings. The average molecular weight is 476 g/mol. The Bertz CT molecular complexity index is 1110. The van der Waals surface area contributed by atoms with Crippen molar-refractivity contribution >= 4 is 23.4 Å². The van der Waals surface area contributed by atoms with Crippen LogP contribution < -0.4 is 5.73 Å². The third kappa shape index (κ3) is 4.11. The highest BCUT2D eigenvalue weighted by atomic mass is 16.6. The van der Waals surface area contributed by atoms with E-state index in [2.05, 4.69) is 10.1 Å². The van der Waals surface area contributed by atoms with Crippen LogP contribution in [0, 0.1) is 17.2 Å². The molecule has 1 aliphatic rings. The standard InChI is InChI=1S/C21H28N6O7/c1-10(2)15(19(30)31)26(11(3)4)20(32)33-7-13-16(28)17(29)21(8-22,34-13)14-6-5-12-18(23)24-9-25-27(12)14/h5-6,9-11,13,15-17,28-29H,7H2,1-4H3,(H,30,31)(H2,23,24,25)/t13-,15+,16-,17-,21+/m1/s1. The molecule has 13 heteroatoms. The molecule has 5 atom stereocenters. The number of anilines is 1. The van der Waals surface area contributed by atoms with Gasteiger partial charge in [0, 0.05) is 6.04 Å². The second kappa shape index (κ2) is 9.41. The number of aliphatic carboxylic acids is 1. The summed E-state index contributed by atoms with van der Waals surface area (Å²) in [6.07, 6.45) is -4.34. The van der Waals surface area contributed by atoms with E-state index in [-0.39, 0.29) is 11.5 Å². The predicted octanol–water partition coefficient (Wildman–Crippen LogP) is 0.107. The predicted molar refractivity (Wildman–Crippen MR) is 116 cm³/mol. The van der Waals surface area contributed by atoms with Gasteiger partial charge in [0.15, 0.2) is 5.82 Å². The average Bonchev–Trinajstić information content (AvgIpc) is 3.31. The van der Waals surface area contributed by atoms with Crippen LogP contribution in [0.2, 0.25) is 0 Å². The fourth-order valence-electron chi connectivity index (χ4n) is 4.15. The number of amides is 1. The molecule has 0 spiro atoms. The minimum atomic E-state index is -2.04. The zero-order chi connectivity index (χ0) is 25.4. The number of ether oxygens (including phenoxy) is 2. The van der Waals surface area contributed by atoms with Crippen LogP contribution in [0.3, 0.4) is 0 Å². The molecule has 2 aromatic heterocycles. The first-order valence-electron chi connectivity index (χ1n) is 10.7. The number of nitriles is 1. The number of carboxylic acids is 1. The number of carbonyl (C=O) groups is 2. The summed E-state index contributed by atoms with van der Waals surface area (Å²) in [5.41, 5.74) is 4.27. The van der Waals surface area contributed by atoms with Gasteiger partial charge in [-0.3, -0.25) is 4.90 Å². The highest BCUT2D eigenvalue weighted by molar-refractivity contribution is 5.80. The lowest BCUT2D eigenvalue weighted by molar-refractivity contribution is -0.145. The quantitative estimate of drug-likeness (QED) is 0.423. The van der Waals surface area contributed by atoms with E-state index in [0.29, 0.717) is 5.52 Å². The van der Waals surface area contributed by atoms with Gasteiger partial charge in [-0.1, -0.05) is 13.8 Å². The Morgan fingerprint density at radius 3 is 2.59 bits per heavy atom. The zero-order valence-electron chi connectivity index (χ0n) is 19.2. The number of fused-ring (bicyclic) bond motifs is 1. The van der Waals surface area contributed by atoms with E-state index < -0.39 is 60.6 Å². The molecule has 3 heterocycles. The van der Waals surface area contributed by atoms with Gasteiger partial charge in [-0.15, -0.1) is 0 Å². The van der Waals surface area contributed by atoms with Crippen molar-refractivity contribution in [1.29, 1.82) is 5.26 Å². The molecule has 13 nitrogen and oxygen atoms in total. The van der Waals surface area contributed by atoms with Crippen molar-refractivity contribution in [1.82, 2.24) is 19.5 Å². The number of aliphatic hydroxyl groups excluding tert-OH is 2. The largest absolute Gasteiger partial charge is 0.480 e. The van der Waals surface area contributed by atoms with Crippen molar-refractivity contribution in [2.75, 3.05) is 12.3 Å². The van der Waals surface area contributed by atoms with E-state index in [1.54, 1.807) is 27.7 Å². The molecular weight excluding hydrogens is 448 g/mol. The summed E-state index contributed by atoms with van der Waals surface area (Å²) in [5, 5.41) is 44.9. The number of aliphatic hydroxyl groups is 2. The second-order valence-electron chi connectivity index (χ2n) is 8.71. The molecule has 1 amide bonds. The molecule has 34 heavy (non-hydrogen) atoms. The maximum absolute atomic E-state index is 12.8. The molecule has 0 radical (unpaired) electrons. The molecule has 0 aromatic carbocycles. The Labute approximate surface area is 195 Å². The summed E-state index contributed by atoms with van der Waals surface area (Å²) in [6, 6.07) is 3.27. The number of carbonyl (C=O) groups excluding carboxylic acids is 1. The summed E-state index contributed by atoms with van der Waals surface area (Å²) in [7, 11) is 0. The van der Waals surface area contributed by atoms with Gasteiger partial charge < -0.3 is 30.5 Å². The fourth-order valence-corrected chi connectivity index (χ4v) is 4.15. The summed E-state index contributed by atoms with van der Waals surface area (Å²) in [4.78, 5) is 29.5. The van der Waals surface area contributed by atoms with Crippen molar-refractivity contribution in [3.8, 4) is 6.07 Å². The van der Waals surface area contributed by atoms with Crippen molar-refractivity contribution in [2.24, 2.45) is 5.92 Å². The number of hydrogen-bond donors (Lipinski definition) is 4. The normalized spacial score (nSPS) is 25.4. The Morgan fingerprint density at radius 2 is 2.03 bits per heavy atom. The first-order valence-corrected chi connectivity index (χ1v) is 10.7. The Kier molecular flexibility index (Phi) is 6.97. The van der Waals surface area contributed by atoms with E-state index in [4.69, 9.17) is 15.2 Å². The highest BCUT2D eigenvalue weighted by Gasteiger charge is 2.58. The van der Waals surface area contributed by atoms with E-state index in [1.165, 1.54) is 23.0 Å². The number of nitrogens with two attached hydrogens (primary N) is 1. The number of carboxylic acid groups (broad SMARTS) is 1. The fraction of sp³-hybridized carbons (Fsp3) is 0.571. The molecular formula is C21H28N6O7. The highest BCUT2D eigenvalue weighted by Crippen LogP contribution is 2.40. The van der Waals surface area contributed by atoms with Crippen molar-refractivity contribution in [3.05, 3.63) is 24.2 Å². The lowest BCUT2D eigenvalue weighted by atomic mass is 9.92. The summed E-state index contributed by atoms with van der Waals surface area (Å²) in [6.45, 7) is 6.10. The van der Waals surface area contributed by atoms with Crippen LogP contribution in [-0.2, 0) is 19.9 Å². The SMILES string of the molecule is CC(C)[C@@H](C(=O)O)N(C(=O)OC[C@H]1O[C@@](C#N)(c2ccc3c(N)ncnn23)[C@H](O)[C@@H]1O)C(C)C. The molecule has 1 saturated heterocycles. The molecule has 0 bridgehead atoms. The van der Waals surface area contributed by atoms with E-state index in [1.807, 2.05) is 6.07 Å². The first-order chi connectivity index (χ1) is 16.0. The van der Waals surface area contributed by atoms with Crippen molar-refractivity contribution in [3.63, 3.8) is 0 Å². The maximum atomic E-state index is 12.8. The number of rotatable bonds is 7. The van der Waals surface area contributed by atoms with Crippen molar-refractivity contribution in [2.45, 2.75) is 63.7 Å². The molecule has 3 rings (SSSR count). The van der Waals surface area contributed by atoms with Crippen LogP contribution in [0.4, 0.5) is 10.6 Å². The van der Waals surface area contributed by atoms with Gasteiger partial charge in [0.2, 0.25) is 5.60 Å². The topological polar surface area (TPSA) is 197 Å².